The lowest BCUT2D eigenvalue weighted by Crippen LogP contribution is -2.33. The second kappa shape index (κ2) is 11.7. The third kappa shape index (κ3) is 9.46. The number of carbonyl (C=O) groups excluding carboxylic acids is 1. The number of hydrogen-bond donors (Lipinski definition) is 6. The predicted octanol–water partition coefficient (Wildman–Crippen LogP) is -0.873. The smallest absolute Gasteiger partial charge is 0.459 e. The SMILES string of the molecule is Cc1cn([C@H]2C[C@@H](OC(=O)CCCN)C(COP(=O)(O)OP(=O)(O)OP(=O)(O)O)O2)c(=O)[nH]c1=O. The summed E-state index contributed by atoms with van der Waals surface area (Å²) in [5, 5.41) is 0. The van der Waals surface area contributed by atoms with E-state index in [0.29, 0.717) is 6.42 Å². The van der Waals surface area contributed by atoms with E-state index in [2.05, 4.69) is 18.1 Å². The lowest BCUT2D eigenvalue weighted by Gasteiger charge is -2.21. The zero-order chi connectivity index (χ0) is 26.6. The number of hydrogen-bond acceptors (Lipinski definition) is 12. The van der Waals surface area contributed by atoms with Crippen molar-refractivity contribution in [3.05, 3.63) is 32.6 Å². The minimum atomic E-state index is -5.74. The molecule has 1 fully saturated rings. The van der Waals surface area contributed by atoms with E-state index in [1.807, 2.05) is 0 Å². The molecule has 1 aromatic heterocycles. The normalized spacial score (nSPS) is 24.0. The molecule has 0 saturated carbocycles. The Morgan fingerprint density at radius 2 is 1.86 bits per heavy atom. The van der Waals surface area contributed by atoms with Gasteiger partial charge in [0, 0.05) is 24.6 Å². The second-order valence-electron chi connectivity index (χ2n) is 7.15. The topological polar surface area (TPSA) is 276 Å². The maximum Gasteiger partial charge on any atom is 0.490 e. The van der Waals surface area contributed by atoms with Crippen LogP contribution in [-0.4, -0.2) is 60.5 Å². The maximum absolute atomic E-state index is 12.2. The highest BCUT2D eigenvalue weighted by atomic mass is 31.3. The van der Waals surface area contributed by atoms with Gasteiger partial charge >= 0.3 is 35.1 Å². The van der Waals surface area contributed by atoms with Crippen molar-refractivity contribution in [2.24, 2.45) is 5.73 Å². The Labute approximate surface area is 196 Å². The minimum Gasteiger partial charge on any atom is -0.459 e. The number of ether oxygens (including phenoxy) is 2. The van der Waals surface area contributed by atoms with E-state index >= 15 is 0 Å². The number of phosphoric ester groups is 1. The molecular weight excluding hydrogens is 543 g/mol. The van der Waals surface area contributed by atoms with Gasteiger partial charge in [0.25, 0.3) is 5.56 Å². The summed E-state index contributed by atoms with van der Waals surface area (Å²) in [6, 6.07) is 0. The number of nitrogens with zero attached hydrogens (tertiary/aromatic N) is 1. The summed E-state index contributed by atoms with van der Waals surface area (Å²) in [7, 11) is -16.8. The van der Waals surface area contributed by atoms with Crippen molar-refractivity contribution in [3.8, 4) is 0 Å². The van der Waals surface area contributed by atoms with Gasteiger partial charge in [-0.15, -0.1) is 0 Å². The van der Waals surface area contributed by atoms with E-state index in [-0.39, 0.29) is 24.9 Å². The summed E-state index contributed by atoms with van der Waals surface area (Å²) in [4.78, 5) is 73.9. The Hall–Kier alpha value is -1.52. The Kier molecular flexibility index (Phi) is 9.92. The van der Waals surface area contributed by atoms with Gasteiger partial charge in [-0.05, 0) is 19.9 Å². The molecule has 0 amide bonds. The summed E-state index contributed by atoms with van der Waals surface area (Å²) in [6.07, 6.45) is -2.37. The molecule has 3 unspecified atom stereocenters. The lowest BCUT2D eigenvalue weighted by molar-refractivity contribution is -0.153. The number of esters is 1. The van der Waals surface area contributed by atoms with Crippen LogP contribution in [0.2, 0.25) is 0 Å². The van der Waals surface area contributed by atoms with Crippen LogP contribution in [0.4, 0.5) is 0 Å². The summed E-state index contributed by atoms with van der Waals surface area (Å²) in [5.74, 6) is -0.710. The third-order valence-electron chi connectivity index (χ3n) is 4.32. The molecule has 2 rings (SSSR count). The van der Waals surface area contributed by atoms with Crippen molar-refractivity contribution in [2.45, 2.75) is 44.6 Å². The monoisotopic (exact) mass is 567 g/mol. The molecule has 21 heteroatoms. The number of phosphoric acid groups is 3. The van der Waals surface area contributed by atoms with Crippen LogP contribution in [-0.2, 0) is 41.1 Å². The van der Waals surface area contributed by atoms with Gasteiger partial charge in [-0.2, -0.15) is 8.62 Å². The highest BCUT2D eigenvalue weighted by Gasteiger charge is 2.44. The Bertz CT molecular complexity index is 1180. The zero-order valence-corrected chi connectivity index (χ0v) is 20.7. The van der Waals surface area contributed by atoms with Crippen LogP contribution in [0.25, 0.3) is 0 Å². The number of H-pyrrole nitrogens is 1. The molecule has 1 aromatic rings. The number of nitrogens with two attached hydrogens (primary N) is 1. The summed E-state index contributed by atoms with van der Waals surface area (Å²) < 4.78 is 57.8. The minimum absolute atomic E-state index is 0.0715. The molecule has 35 heavy (non-hydrogen) atoms. The third-order valence-corrected chi connectivity index (χ3v) is 8.12. The van der Waals surface area contributed by atoms with Gasteiger partial charge < -0.3 is 34.8 Å². The first kappa shape index (κ1) is 29.7. The number of aryl methyl sites for hydroxylation is 1. The van der Waals surface area contributed by atoms with Crippen LogP contribution in [0.15, 0.2) is 15.8 Å². The van der Waals surface area contributed by atoms with Gasteiger partial charge in [0.15, 0.2) is 0 Å². The number of aromatic nitrogens is 2. The largest absolute Gasteiger partial charge is 0.490 e. The van der Waals surface area contributed by atoms with E-state index in [4.69, 9.17) is 25.0 Å². The molecule has 0 spiro atoms. The molecule has 7 N–H and O–H groups in total. The van der Waals surface area contributed by atoms with Crippen molar-refractivity contribution in [3.63, 3.8) is 0 Å². The fourth-order valence-electron chi connectivity index (χ4n) is 2.89. The Morgan fingerprint density at radius 1 is 1.20 bits per heavy atom. The first-order chi connectivity index (χ1) is 16.0. The molecule has 0 aromatic carbocycles. The lowest BCUT2D eigenvalue weighted by atomic mass is 10.2. The van der Waals surface area contributed by atoms with Gasteiger partial charge in [0.2, 0.25) is 0 Å². The van der Waals surface area contributed by atoms with Crippen molar-refractivity contribution in [1.29, 1.82) is 0 Å². The zero-order valence-electron chi connectivity index (χ0n) is 18.0. The number of carbonyl (C=O) groups is 1. The maximum atomic E-state index is 12.2. The van der Waals surface area contributed by atoms with E-state index in [0.717, 1.165) is 4.57 Å². The molecular formula is C14H24N3O15P3. The standard InChI is InChI=1S/C14H24N3O15P3/c1-8-6-17(14(20)16-13(8)19)11-5-9(30-12(18)3-2-4-15)10(29-11)7-28-34(24,25)32-35(26,27)31-33(21,22)23/h6,9-11H,2-5,7,15H2,1H3,(H,24,25)(H,26,27)(H,16,19,20)(H2,21,22,23)/t9-,10?,11-/m1/s1. The molecule has 5 atom stereocenters. The van der Waals surface area contributed by atoms with Crippen molar-refractivity contribution in [1.82, 2.24) is 9.55 Å². The van der Waals surface area contributed by atoms with Crippen molar-refractivity contribution in [2.75, 3.05) is 13.2 Å². The average Bonchev–Trinajstić information content (AvgIpc) is 3.07. The first-order valence-corrected chi connectivity index (χ1v) is 14.2. The van der Waals surface area contributed by atoms with Gasteiger partial charge in [-0.3, -0.25) is 23.7 Å². The van der Waals surface area contributed by atoms with Crippen LogP contribution in [0.1, 0.15) is 31.1 Å². The fourth-order valence-corrected chi connectivity index (χ4v) is 5.92. The van der Waals surface area contributed by atoms with E-state index in [1.54, 1.807) is 0 Å². The molecule has 0 aliphatic carbocycles. The number of aromatic amines is 1. The van der Waals surface area contributed by atoms with Crippen LogP contribution in [0, 0.1) is 6.92 Å². The summed E-state index contributed by atoms with van der Waals surface area (Å²) >= 11 is 0. The number of rotatable bonds is 12. The summed E-state index contributed by atoms with van der Waals surface area (Å²) in [6.45, 7) is 0.702. The molecule has 1 aliphatic heterocycles. The van der Waals surface area contributed by atoms with Crippen molar-refractivity contribution < 1.29 is 60.7 Å². The highest BCUT2D eigenvalue weighted by Crippen LogP contribution is 2.66. The Morgan fingerprint density at radius 3 is 2.46 bits per heavy atom. The van der Waals surface area contributed by atoms with E-state index in [9.17, 15) is 37.9 Å². The fraction of sp³-hybridized carbons (Fsp3) is 0.643. The highest BCUT2D eigenvalue weighted by molar-refractivity contribution is 7.66. The molecule has 0 radical (unpaired) electrons. The van der Waals surface area contributed by atoms with Gasteiger partial charge in [0.05, 0.1) is 6.61 Å². The van der Waals surface area contributed by atoms with Crippen LogP contribution >= 0.6 is 23.5 Å². The first-order valence-electron chi connectivity index (χ1n) is 9.67. The molecule has 1 saturated heterocycles. The summed E-state index contributed by atoms with van der Waals surface area (Å²) in [5.41, 5.74) is 4.00. The molecule has 1 aliphatic rings. The van der Waals surface area contributed by atoms with Gasteiger partial charge in [-0.1, -0.05) is 0 Å². The Balaban J connectivity index is 2.18. The predicted molar refractivity (Wildman–Crippen MR) is 113 cm³/mol. The van der Waals surface area contributed by atoms with Crippen LogP contribution in [0.5, 0.6) is 0 Å². The van der Waals surface area contributed by atoms with Gasteiger partial charge in [0.1, 0.15) is 18.4 Å². The number of nitrogens with one attached hydrogen (secondary N) is 1. The van der Waals surface area contributed by atoms with Crippen molar-refractivity contribution >= 4 is 29.4 Å². The molecule has 18 nitrogen and oxygen atoms in total. The van der Waals surface area contributed by atoms with Crippen LogP contribution < -0.4 is 17.0 Å². The average molecular weight is 567 g/mol. The second-order valence-corrected chi connectivity index (χ2v) is 11.6. The van der Waals surface area contributed by atoms with Gasteiger partial charge in [-0.25, -0.2) is 18.5 Å². The van der Waals surface area contributed by atoms with E-state index < -0.39 is 65.7 Å². The quantitative estimate of drug-likeness (QED) is 0.132. The van der Waals surface area contributed by atoms with E-state index in [1.165, 1.54) is 13.1 Å². The molecule has 0 bridgehead atoms. The molecule has 2 heterocycles. The molecule has 200 valence electrons. The van der Waals surface area contributed by atoms with Crippen LogP contribution in [0.3, 0.4) is 0 Å².